The number of benzene rings is 1. The maximum absolute atomic E-state index is 4.42. The maximum atomic E-state index is 4.42. The molecule has 0 saturated heterocycles. The molecule has 2 aromatic heterocycles. The number of hydrogen-bond acceptors (Lipinski definition) is 5. The minimum Gasteiger partial charge on any atom is -0.298 e. The summed E-state index contributed by atoms with van der Waals surface area (Å²) in [5.41, 5.74) is 3.46. The molecule has 0 radical (unpaired) electrons. The van der Waals surface area contributed by atoms with Crippen molar-refractivity contribution >= 4 is 22.7 Å². The highest BCUT2D eigenvalue weighted by molar-refractivity contribution is 7.99. The predicted molar refractivity (Wildman–Crippen MR) is 95.3 cm³/mol. The van der Waals surface area contributed by atoms with Gasteiger partial charge in [-0.15, -0.1) is 0 Å². The van der Waals surface area contributed by atoms with Crippen LogP contribution in [0.15, 0.2) is 54.1 Å². The summed E-state index contributed by atoms with van der Waals surface area (Å²) in [5.74, 6) is 0.994. The van der Waals surface area contributed by atoms with Crippen molar-refractivity contribution in [2.24, 2.45) is 0 Å². The van der Waals surface area contributed by atoms with Crippen LogP contribution in [0, 0.1) is 0 Å². The predicted octanol–water partition coefficient (Wildman–Crippen LogP) is 3.77. The second-order valence-electron chi connectivity index (χ2n) is 5.47. The minimum atomic E-state index is 0.827. The largest absolute Gasteiger partial charge is 0.298 e. The molecule has 3 rings (SSSR count). The van der Waals surface area contributed by atoms with Gasteiger partial charge in [0, 0.05) is 42.6 Å². The van der Waals surface area contributed by atoms with Gasteiger partial charge < -0.3 is 0 Å². The molecule has 0 atom stereocenters. The van der Waals surface area contributed by atoms with Crippen molar-refractivity contribution in [1.29, 1.82) is 0 Å². The molecule has 0 fully saturated rings. The molecule has 1 aromatic carbocycles. The van der Waals surface area contributed by atoms with Crippen molar-refractivity contribution in [3.05, 3.63) is 60.0 Å². The van der Waals surface area contributed by atoms with Gasteiger partial charge in [0.2, 0.25) is 0 Å². The van der Waals surface area contributed by atoms with Crippen LogP contribution < -0.4 is 0 Å². The second-order valence-corrected chi connectivity index (χ2v) is 6.70. The Hall–Kier alpha value is -1.98. The van der Waals surface area contributed by atoms with E-state index in [9.17, 15) is 0 Å². The monoisotopic (exact) mass is 324 g/mol. The van der Waals surface area contributed by atoms with Gasteiger partial charge in [0.05, 0.1) is 5.52 Å². The molecule has 0 spiro atoms. The first-order valence-corrected chi connectivity index (χ1v) is 8.69. The Balaban J connectivity index is 1.70. The average molecular weight is 324 g/mol. The molecule has 23 heavy (non-hydrogen) atoms. The first-order chi connectivity index (χ1) is 11.3. The van der Waals surface area contributed by atoms with Gasteiger partial charge in [-0.05, 0) is 30.5 Å². The lowest BCUT2D eigenvalue weighted by molar-refractivity contribution is 0.319. The number of fused-ring (bicyclic) bond motifs is 1. The molecule has 0 aliphatic carbocycles. The van der Waals surface area contributed by atoms with E-state index in [1.54, 1.807) is 11.8 Å². The van der Waals surface area contributed by atoms with Gasteiger partial charge in [-0.2, -0.15) is 0 Å². The fraction of sp³-hybridized carbons (Fsp3) is 0.278. The van der Waals surface area contributed by atoms with Gasteiger partial charge in [0.25, 0.3) is 0 Å². The smallest absolute Gasteiger partial charge is 0.187 e. The highest BCUT2D eigenvalue weighted by Crippen LogP contribution is 2.18. The van der Waals surface area contributed by atoms with E-state index in [4.69, 9.17) is 0 Å². The number of thioether (sulfide) groups is 1. The number of nitrogens with zero attached hydrogens (tertiary/aromatic N) is 4. The summed E-state index contributed by atoms with van der Waals surface area (Å²) < 4.78 is 0. The van der Waals surface area contributed by atoms with Gasteiger partial charge >= 0.3 is 0 Å². The standard InChI is InChI=1S/C18H20N4S/c1-3-23-18-20-10-14(11-21-18)12-22(2)13-15-6-4-8-17-16(15)7-5-9-19-17/h4-11H,3,12-13H2,1-2H3. The molecule has 0 aliphatic heterocycles. The van der Waals surface area contributed by atoms with Crippen molar-refractivity contribution in [2.75, 3.05) is 12.8 Å². The molecule has 0 unspecified atom stereocenters. The number of aromatic nitrogens is 3. The van der Waals surface area contributed by atoms with Crippen molar-refractivity contribution in [3.8, 4) is 0 Å². The van der Waals surface area contributed by atoms with E-state index < -0.39 is 0 Å². The molecule has 4 nitrogen and oxygen atoms in total. The van der Waals surface area contributed by atoms with Crippen LogP contribution in [0.4, 0.5) is 0 Å². The SMILES string of the molecule is CCSc1ncc(CN(C)Cc2cccc3ncccc23)cn1. The Labute approximate surface area is 141 Å². The summed E-state index contributed by atoms with van der Waals surface area (Å²) in [5, 5.41) is 2.06. The first kappa shape index (κ1) is 15.9. The Kier molecular flexibility index (Phi) is 5.20. The summed E-state index contributed by atoms with van der Waals surface area (Å²) in [6.45, 7) is 3.80. The topological polar surface area (TPSA) is 41.9 Å². The molecule has 2 heterocycles. The summed E-state index contributed by atoms with van der Waals surface area (Å²) >= 11 is 1.66. The van der Waals surface area contributed by atoms with E-state index in [0.29, 0.717) is 0 Å². The van der Waals surface area contributed by atoms with Crippen LogP contribution in [-0.2, 0) is 13.1 Å². The van der Waals surface area contributed by atoms with E-state index in [-0.39, 0.29) is 0 Å². The Morgan fingerprint density at radius 3 is 2.61 bits per heavy atom. The van der Waals surface area contributed by atoms with Crippen LogP contribution in [0.5, 0.6) is 0 Å². The van der Waals surface area contributed by atoms with E-state index in [1.807, 2.05) is 24.7 Å². The van der Waals surface area contributed by atoms with E-state index in [0.717, 1.165) is 35.1 Å². The summed E-state index contributed by atoms with van der Waals surface area (Å²) in [4.78, 5) is 15.5. The van der Waals surface area contributed by atoms with Crippen LogP contribution in [0.2, 0.25) is 0 Å². The third-order valence-electron chi connectivity index (χ3n) is 3.58. The van der Waals surface area contributed by atoms with Gasteiger partial charge in [0.1, 0.15) is 0 Å². The quantitative estimate of drug-likeness (QED) is 0.510. The van der Waals surface area contributed by atoms with Crippen LogP contribution in [0.1, 0.15) is 18.1 Å². The molecule has 0 bridgehead atoms. The van der Waals surface area contributed by atoms with Gasteiger partial charge in [-0.1, -0.05) is 36.9 Å². The van der Waals surface area contributed by atoms with E-state index >= 15 is 0 Å². The number of pyridine rings is 1. The Bertz CT molecular complexity index is 768. The zero-order chi connectivity index (χ0) is 16.1. The average Bonchev–Trinajstić information content (AvgIpc) is 2.57. The molecule has 0 amide bonds. The molecule has 0 aliphatic rings. The van der Waals surface area contributed by atoms with Crippen LogP contribution in [0.3, 0.4) is 0 Å². The van der Waals surface area contributed by atoms with E-state index in [2.05, 4.69) is 58.1 Å². The van der Waals surface area contributed by atoms with Crippen LogP contribution in [0.25, 0.3) is 10.9 Å². The highest BCUT2D eigenvalue weighted by atomic mass is 32.2. The first-order valence-electron chi connectivity index (χ1n) is 7.71. The van der Waals surface area contributed by atoms with Gasteiger partial charge in [0.15, 0.2) is 5.16 Å². The zero-order valence-corrected chi connectivity index (χ0v) is 14.3. The van der Waals surface area contributed by atoms with Crippen molar-refractivity contribution in [1.82, 2.24) is 19.9 Å². The zero-order valence-electron chi connectivity index (χ0n) is 13.4. The Morgan fingerprint density at radius 1 is 1.00 bits per heavy atom. The van der Waals surface area contributed by atoms with Crippen molar-refractivity contribution in [2.45, 2.75) is 25.2 Å². The molecule has 0 saturated carbocycles. The molecular formula is C18H20N4S. The lowest BCUT2D eigenvalue weighted by Gasteiger charge is -2.17. The summed E-state index contributed by atoms with van der Waals surface area (Å²) in [6, 6.07) is 10.4. The highest BCUT2D eigenvalue weighted by Gasteiger charge is 2.06. The fourth-order valence-electron chi connectivity index (χ4n) is 2.59. The second kappa shape index (κ2) is 7.53. The third-order valence-corrected chi connectivity index (χ3v) is 4.34. The minimum absolute atomic E-state index is 0.827. The molecule has 5 heteroatoms. The van der Waals surface area contributed by atoms with Crippen LogP contribution >= 0.6 is 11.8 Å². The summed E-state index contributed by atoms with van der Waals surface area (Å²) in [6.07, 6.45) is 5.68. The lowest BCUT2D eigenvalue weighted by atomic mass is 10.1. The molecule has 3 aromatic rings. The summed E-state index contributed by atoms with van der Waals surface area (Å²) in [7, 11) is 2.11. The van der Waals surface area contributed by atoms with Gasteiger partial charge in [-0.25, -0.2) is 9.97 Å². The molecule has 118 valence electrons. The third kappa shape index (κ3) is 4.06. The van der Waals surface area contributed by atoms with Crippen LogP contribution in [-0.4, -0.2) is 32.7 Å². The van der Waals surface area contributed by atoms with Crippen molar-refractivity contribution < 1.29 is 0 Å². The molecule has 0 N–H and O–H groups in total. The fourth-order valence-corrected chi connectivity index (χ4v) is 3.10. The Morgan fingerprint density at radius 2 is 1.83 bits per heavy atom. The number of rotatable bonds is 6. The maximum Gasteiger partial charge on any atom is 0.187 e. The number of hydrogen-bond donors (Lipinski definition) is 0. The van der Waals surface area contributed by atoms with E-state index in [1.165, 1.54) is 10.9 Å². The normalized spacial score (nSPS) is 11.3. The van der Waals surface area contributed by atoms with Crippen molar-refractivity contribution in [3.63, 3.8) is 0 Å². The van der Waals surface area contributed by atoms with Gasteiger partial charge in [-0.3, -0.25) is 9.88 Å². The lowest BCUT2D eigenvalue weighted by Crippen LogP contribution is -2.17. The molecular weight excluding hydrogens is 304 g/mol.